The first-order chi connectivity index (χ1) is 12.2. The van der Waals surface area contributed by atoms with Crippen molar-refractivity contribution >= 4 is 5.82 Å². The standard InChI is InChI=1S/C19H15N5O/c20-10-14-6-8-18(21-11-14)23-12-16(13-23)24-19(25)9-7-17(22-24)15-4-2-1-3-5-15/h1-9,11,16H,12-13H2. The SMILES string of the molecule is N#Cc1ccc(N2CC(n3nc(-c4ccccc4)ccc3=O)C2)nc1. The van der Waals surface area contributed by atoms with E-state index in [4.69, 9.17) is 5.26 Å². The lowest BCUT2D eigenvalue weighted by Gasteiger charge is -2.40. The van der Waals surface area contributed by atoms with Crippen molar-refractivity contribution in [3.63, 3.8) is 0 Å². The molecule has 0 spiro atoms. The van der Waals surface area contributed by atoms with Gasteiger partial charge < -0.3 is 4.90 Å². The molecule has 6 heteroatoms. The first-order valence-corrected chi connectivity index (χ1v) is 8.01. The number of rotatable bonds is 3. The molecular weight excluding hydrogens is 314 g/mol. The van der Waals surface area contributed by atoms with Crippen LogP contribution in [-0.4, -0.2) is 27.9 Å². The van der Waals surface area contributed by atoms with Gasteiger partial charge in [-0.1, -0.05) is 30.3 Å². The van der Waals surface area contributed by atoms with Gasteiger partial charge in [0.1, 0.15) is 11.9 Å². The zero-order valence-corrected chi connectivity index (χ0v) is 13.4. The fourth-order valence-electron chi connectivity index (χ4n) is 2.89. The largest absolute Gasteiger partial charge is 0.352 e. The molecule has 3 aromatic rings. The van der Waals surface area contributed by atoms with E-state index in [0.717, 1.165) is 17.1 Å². The van der Waals surface area contributed by atoms with Crippen molar-refractivity contribution in [3.8, 4) is 17.3 Å². The van der Waals surface area contributed by atoms with Crippen LogP contribution in [0.2, 0.25) is 0 Å². The highest BCUT2D eigenvalue weighted by atomic mass is 16.1. The molecule has 0 amide bonds. The van der Waals surface area contributed by atoms with E-state index in [-0.39, 0.29) is 11.6 Å². The smallest absolute Gasteiger partial charge is 0.267 e. The second kappa shape index (κ2) is 6.21. The molecule has 0 aliphatic carbocycles. The van der Waals surface area contributed by atoms with Crippen LogP contribution in [0.1, 0.15) is 11.6 Å². The highest BCUT2D eigenvalue weighted by Gasteiger charge is 2.30. The first kappa shape index (κ1) is 15.1. The van der Waals surface area contributed by atoms with E-state index in [0.29, 0.717) is 18.7 Å². The minimum atomic E-state index is -0.0999. The van der Waals surface area contributed by atoms with E-state index >= 15 is 0 Å². The highest BCUT2D eigenvalue weighted by Crippen LogP contribution is 2.25. The average molecular weight is 329 g/mol. The fraction of sp³-hybridized carbons (Fsp3) is 0.158. The maximum atomic E-state index is 12.2. The van der Waals surface area contributed by atoms with Gasteiger partial charge in [0.25, 0.3) is 5.56 Å². The van der Waals surface area contributed by atoms with Gasteiger partial charge in [-0.2, -0.15) is 10.4 Å². The average Bonchev–Trinajstić information content (AvgIpc) is 2.63. The molecule has 0 atom stereocenters. The second-order valence-electron chi connectivity index (χ2n) is 5.94. The Bertz CT molecular complexity index is 983. The predicted molar refractivity (Wildman–Crippen MR) is 94.1 cm³/mol. The summed E-state index contributed by atoms with van der Waals surface area (Å²) in [4.78, 5) is 18.5. The number of anilines is 1. The lowest BCUT2D eigenvalue weighted by atomic mass is 10.1. The summed E-state index contributed by atoms with van der Waals surface area (Å²) < 4.78 is 1.56. The number of benzene rings is 1. The predicted octanol–water partition coefficient (Wildman–Crippen LogP) is 2.24. The lowest BCUT2D eigenvalue weighted by molar-refractivity contribution is 0.353. The van der Waals surface area contributed by atoms with Crippen molar-refractivity contribution in [2.24, 2.45) is 0 Å². The third-order valence-electron chi connectivity index (χ3n) is 4.30. The molecule has 1 aromatic carbocycles. The van der Waals surface area contributed by atoms with Gasteiger partial charge in [0.2, 0.25) is 0 Å². The zero-order valence-electron chi connectivity index (χ0n) is 13.4. The van der Waals surface area contributed by atoms with Crippen LogP contribution >= 0.6 is 0 Å². The van der Waals surface area contributed by atoms with Crippen molar-refractivity contribution in [2.45, 2.75) is 6.04 Å². The quantitative estimate of drug-likeness (QED) is 0.737. The molecule has 0 N–H and O–H groups in total. The van der Waals surface area contributed by atoms with Gasteiger partial charge in [0.05, 0.1) is 17.3 Å². The number of hydrogen-bond donors (Lipinski definition) is 0. The summed E-state index contributed by atoms with van der Waals surface area (Å²) in [5.74, 6) is 0.808. The van der Waals surface area contributed by atoms with Crippen molar-refractivity contribution in [1.82, 2.24) is 14.8 Å². The van der Waals surface area contributed by atoms with E-state index in [2.05, 4.69) is 21.1 Å². The Kier molecular flexibility index (Phi) is 3.75. The van der Waals surface area contributed by atoms with Crippen molar-refractivity contribution < 1.29 is 0 Å². The van der Waals surface area contributed by atoms with E-state index in [1.807, 2.05) is 36.4 Å². The molecule has 0 bridgehead atoms. The summed E-state index contributed by atoms with van der Waals surface area (Å²) in [7, 11) is 0. The minimum Gasteiger partial charge on any atom is -0.352 e. The van der Waals surface area contributed by atoms with Crippen LogP contribution in [0.25, 0.3) is 11.3 Å². The Balaban J connectivity index is 1.54. The Morgan fingerprint density at radius 1 is 1.04 bits per heavy atom. The Labute approximate surface area is 144 Å². The minimum absolute atomic E-state index is 0.0219. The molecule has 1 fully saturated rings. The molecule has 25 heavy (non-hydrogen) atoms. The van der Waals surface area contributed by atoms with Crippen LogP contribution < -0.4 is 10.5 Å². The second-order valence-corrected chi connectivity index (χ2v) is 5.94. The summed E-state index contributed by atoms with van der Waals surface area (Å²) in [6.45, 7) is 1.34. The fourth-order valence-corrected chi connectivity index (χ4v) is 2.89. The zero-order chi connectivity index (χ0) is 17.2. The summed E-state index contributed by atoms with van der Waals surface area (Å²) in [6, 6.07) is 18.8. The van der Waals surface area contributed by atoms with Crippen LogP contribution in [0, 0.1) is 11.3 Å². The molecular formula is C19H15N5O. The number of hydrogen-bond acceptors (Lipinski definition) is 5. The van der Waals surface area contributed by atoms with Crippen molar-refractivity contribution in [1.29, 1.82) is 5.26 Å². The number of nitrogens with zero attached hydrogens (tertiary/aromatic N) is 5. The third-order valence-corrected chi connectivity index (χ3v) is 4.30. The monoisotopic (exact) mass is 329 g/mol. The summed E-state index contributed by atoms with van der Waals surface area (Å²) in [5, 5.41) is 13.4. The molecule has 2 aromatic heterocycles. The Morgan fingerprint density at radius 3 is 2.52 bits per heavy atom. The number of nitriles is 1. The van der Waals surface area contributed by atoms with E-state index in [1.165, 1.54) is 0 Å². The summed E-state index contributed by atoms with van der Waals surface area (Å²) in [5.41, 5.74) is 2.21. The normalized spacial score (nSPS) is 14.0. The Morgan fingerprint density at radius 2 is 1.84 bits per heavy atom. The lowest BCUT2D eigenvalue weighted by Crippen LogP contribution is -2.51. The van der Waals surface area contributed by atoms with Gasteiger partial charge in [-0.05, 0) is 18.2 Å². The molecule has 1 saturated heterocycles. The molecule has 0 radical (unpaired) electrons. The molecule has 4 rings (SSSR count). The highest BCUT2D eigenvalue weighted by molar-refractivity contribution is 5.57. The van der Waals surface area contributed by atoms with Crippen molar-refractivity contribution in [2.75, 3.05) is 18.0 Å². The molecule has 6 nitrogen and oxygen atoms in total. The van der Waals surface area contributed by atoms with E-state index < -0.39 is 0 Å². The maximum Gasteiger partial charge on any atom is 0.267 e. The summed E-state index contributed by atoms with van der Waals surface area (Å²) >= 11 is 0. The van der Waals surface area contributed by atoms with E-state index in [1.54, 1.807) is 29.1 Å². The van der Waals surface area contributed by atoms with Crippen LogP contribution in [0.3, 0.4) is 0 Å². The molecule has 0 unspecified atom stereocenters. The van der Waals surface area contributed by atoms with Crippen LogP contribution in [0.5, 0.6) is 0 Å². The van der Waals surface area contributed by atoms with Gasteiger partial charge in [0, 0.05) is 30.9 Å². The number of aromatic nitrogens is 3. The van der Waals surface area contributed by atoms with Gasteiger partial charge in [-0.3, -0.25) is 4.79 Å². The van der Waals surface area contributed by atoms with Gasteiger partial charge >= 0.3 is 0 Å². The van der Waals surface area contributed by atoms with Crippen LogP contribution in [0.4, 0.5) is 5.82 Å². The third kappa shape index (κ3) is 2.88. The summed E-state index contributed by atoms with van der Waals surface area (Å²) in [6.07, 6.45) is 1.56. The van der Waals surface area contributed by atoms with Gasteiger partial charge in [-0.25, -0.2) is 9.67 Å². The van der Waals surface area contributed by atoms with Crippen LogP contribution in [-0.2, 0) is 0 Å². The molecule has 0 saturated carbocycles. The first-order valence-electron chi connectivity index (χ1n) is 8.01. The molecule has 1 aliphatic rings. The van der Waals surface area contributed by atoms with Gasteiger partial charge in [-0.15, -0.1) is 0 Å². The van der Waals surface area contributed by atoms with Crippen LogP contribution in [0.15, 0.2) is 65.6 Å². The van der Waals surface area contributed by atoms with Crippen molar-refractivity contribution in [3.05, 3.63) is 76.7 Å². The number of pyridine rings is 1. The Hall–Kier alpha value is -3.46. The van der Waals surface area contributed by atoms with Gasteiger partial charge in [0.15, 0.2) is 0 Å². The molecule has 122 valence electrons. The maximum absolute atomic E-state index is 12.2. The molecule has 3 heterocycles. The topological polar surface area (TPSA) is 74.8 Å². The molecule has 1 aliphatic heterocycles. The van der Waals surface area contributed by atoms with E-state index in [9.17, 15) is 4.79 Å².